The minimum atomic E-state index is -0.192. The number of nitrogens with one attached hydrogen (secondary N) is 3. The summed E-state index contributed by atoms with van der Waals surface area (Å²) in [5.41, 5.74) is 2.06. The minimum Gasteiger partial charge on any atom is -0.495 e. The van der Waals surface area contributed by atoms with Crippen molar-refractivity contribution in [3.05, 3.63) is 48.5 Å². The summed E-state index contributed by atoms with van der Waals surface area (Å²) in [4.78, 5) is 23.5. The van der Waals surface area contributed by atoms with Crippen molar-refractivity contribution in [2.24, 2.45) is 0 Å². The van der Waals surface area contributed by atoms with Gasteiger partial charge < -0.3 is 20.7 Å². The lowest BCUT2D eigenvalue weighted by atomic mass is 10.2. The molecule has 24 heavy (non-hydrogen) atoms. The van der Waals surface area contributed by atoms with Gasteiger partial charge in [-0.05, 0) is 30.3 Å². The van der Waals surface area contributed by atoms with Crippen LogP contribution in [0.4, 0.5) is 17.1 Å². The number of hydrogen-bond donors (Lipinski definition) is 3. The molecule has 0 atom stereocenters. The third kappa shape index (κ3) is 5.01. The third-order valence-corrected chi connectivity index (χ3v) is 3.30. The molecule has 0 aliphatic rings. The predicted octanol–water partition coefficient (Wildman–Crippen LogP) is 3.09. The molecule has 126 valence electrons. The van der Waals surface area contributed by atoms with Crippen LogP contribution in [0.1, 0.15) is 13.3 Å². The molecule has 2 aromatic carbocycles. The van der Waals surface area contributed by atoms with E-state index in [-0.39, 0.29) is 18.4 Å². The monoisotopic (exact) mass is 327 g/mol. The SMILES string of the molecule is CCC(=O)Nc1cccc(NCC(=O)Nc2ccccc2OC)c1. The van der Waals surface area contributed by atoms with Gasteiger partial charge in [0.1, 0.15) is 5.75 Å². The maximum absolute atomic E-state index is 12.1. The fourth-order valence-corrected chi connectivity index (χ4v) is 2.08. The molecule has 6 heteroatoms. The molecule has 0 bridgehead atoms. The molecule has 0 unspecified atom stereocenters. The zero-order valence-corrected chi connectivity index (χ0v) is 13.8. The third-order valence-electron chi connectivity index (χ3n) is 3.30. The van der Waals surface area contributed by atoms with Crippen molar-refractivity contribution < 1.29 is 14.3 Å². The molecule has 2 aromatic rings. The number of anilines is 3. The quantitative estimate of drug-likeness (QED) is 0.730. The van der Waals surface area contributed by atoms with Crippen molar-refractivity contribution in [1.29, 1.82) is 0 Å². The molecule has 0 fully saturated rings. The molecule has 0 radical (unpaired) electrons. The van der Waals surface area contributed by atoms with Crippen molar-refractivity contribution in [3.8, 4) is 5.75 Å². The molecule has 0 aliphatic heterocycles. The maximum atomic E-state index is 12.1. The largest absolute Gasteiger partial charge is 0.495 e. The molecule has 2 amide bonds. The second-order valence-corrected chi connectivity index (χ2v) is 5.08. The van der Waals surface area contributed by atoms with E-state index in [2.05, 4.69) is 16.0 Å². The first-order valence-electron chi connectivity index (χ1n) is 7.69. The summed E-state index contributed by atoms with van der Waals surface area (Å²) in [7, 11) is 1.55. The van der Waals surface area contributed by atoms with Crippen LogP contribution in [0.25, 0.3) is 0 Å². The Balaban J connectivity index is 1.92. The fourth-order valence-electron chi connectivity index (χ4n) is 2.08. The molecule has 6 nitrogen and oxygen atoms in total. The smallest absolute Gasteiger partial charge is 0.243 e. The lowest BCUT2D eigenvalue weighted by molar-refractivity contribution is -0.116. The van der Waals surface area contributed by atoms with E-state index < -0.39 is 0 Å². The van der Waals surface area contributed by atoms with Crippen LogP contribution in [0.15, 0.2) is 48.5 Å². The number of amides is 2. The van der Waals surface area contributed by atoms with Crippen molar-refractivity contribution in [1.82, 2.24) is 0 Å². The Morgan fingerprint density at radius 1 is 0.958 bits per heavy atom. The number of rotatable bonds is 7. The van der Waals surface area contributed by atoms with E-state index in [0.29, 0.717) is 23.5 Å². The molecular weight excluding hydrogens is 306 g/mol. The Hall–Kier alpha value is -3.02. The first kappa shape index (κ1) is 17.3. The van der Waals surface area contributed by atoms with Crippen LogP contribution in [0.5, 0.6) is 5.75 Å². The summed E-state index contributed by atoms with van der Waals surface area (Å²) in [6, 6.07) is 14.4. The highest BCUT2D eigenvalue weighted by atomic mass is 16.5. The summed E-state index contributed by atoms with van der Waals surface area (Å²) in [5, 5.41) is 8.60. The van der Waals surface area contributed by atoms with Gasteiger partial charge in [0.2, 0.25) is 11.8 Å². The Labute approximate surface area is 141 Å². The Morgan fingerprint density at radius 2 is 1.71 bits per heavy atom. The molecule has 2 rings (SSSR count). The van der Waals surface area contributed by atoms with Gasteiger partial charge in [0, 0.05) is 17.8 Å². The number of methoxy groups -OCH3 is 1. The highest BCUT2D eigenvalue weighted by Gasteiger charge is 2.07. The highest BCUT2D eigenvalue weighted by Crippen LogP contribution is 2.23. The first-order valence-corrected chi connectivity index (χ1v) is 7.69. The Bertz CT molecular complexity index is 716. The van der Waals surface area contributed by atoms with Crippen LogP contribution in [0.2, 0.25) is 0 Å². The molecule has 0 aliphatic carbocycles. The van der Waals surface area contributed by atoms with Crippen LogP contribution in [-0.2, 0) is 9.59 Å². The standard InChI is InChI=1S/C18H21N3O3/c1-3-17(22)20-14-8-6-7-13(11-14)19-12-18(23)21-15-9-4-5-10-16(15)24-2/h4-11,19H,3,12H2,1-2H3,(H,20,22)(H,21,23). The molecular formula is C18H21N3O3. The van der Waals surface area contributed by atoms with Crippen LogP contribution < -0.4 is 20.7 Å². The first-order chi connectivity index (χ1) is 11.6. The maximum Gasteiger partial charge on any atom is 0.243 e. The fraction of sp³-hybridized carbons (Fsp3) is 0.222. The van der Waals surface area contributed by atoms with Crippen LogP contribution in [-0.4, -0.2) is 25.5 Å². The van der Waals surface area contributed by atoms with Gasteiger partial charge in [0.05, 0.1) is 19.3 Å². The van der Waals surface area contributed by atoms with Gasteiger partial charge in [-0.25, -0.2) is 0 Å². The van der Waals surface area contributed by atoms with E-state index in [1.54, 1.807) is 38.3 Å². The number of para-hydroxylation sites is 2. The average Bonchev–Trinajstić information content (AvgIpc) is 2.60. The van der Waals surface area contributed by atoms with Crippen LogP contribution in [0.3, 0.4) is 0 Å². The van der Waals surface area contributed by atoms with Crippen molar-refractivity contribution in [2.45, 2.75) is 13.3 Å². The number of ether oxygens (including phenoxy) is 1. The number of carbonyl (C=O) groups excluding carboxylic acids is 2. The van der Waals surface area contributed by atoms with Gasteiger partial charge >= 0.3 is 0 Å². The number of benzene rings is 2. The molecule has 3 N–H and O–H groups in total. The van der Waals surface area contributed by atoms with E-state index in [1.165, 1.54) is 0 Å². The van der Waals surface area contributed by atoms with E-state index in [0.717, 1.165) is 5.69 Å². The number of hydrogen-bond acceptors (Lipinski definition) is 4. The minimum absolute atomic E-state index is 0.0546. The zero-order chi connectivity index (χ0) is 17.4. The van der Waals surface area contributed by atoms with Gasteiger partial charge in [-0.1, -0.05) is 25.1 Å². The van der Waals surface area contributed by atoms with E-state index in [9.17, 15) is 9.59 Å². The Morgan fingerprint density at radius 3 is 2.46 bits per heavy atom. The highest BCUT2D eigenvalue weighted by molar-refractivity contribution is 5.95. The summed E-state index contributed by atoms with van der Waals surface area (Å²) >= 11 is 0. The molecule has 0 spiro atoms. The molecule has 0 saturated carbocycles. The summed E-state index contributed by atoms with van der Waals surface area (Å²) in [5.74, 6) is 0.360. The summed E-state index contributed by atoms with van der Waals surface area (Å²) < 4.78 is 5.20. The van der Waals surface area contributed by atoms with Crippen LogP contribution >= 0.6 is 0 Å². The van der Waals surface area contributed by atoms with E-state index in [1.807, 2.05) is 24.3 Å². The second-order valence-electron chi connectivity index (χ2n) is 5.08. The summed E-state index contributed by atoms with van der Waals surface area (Å²) in [6.45, 7) is 1.89. The van der Waals surface area contributed by atoms with E-state index in [4.69, 9.17) is 4.74 Å². The topological polar surface area (TPSA) is 79.5 Å². The zero-order valence-electron chi connectivity index (χ0n) is 13.8. The van der Waals surface area contributed by atoms with Crippen LogP contribution in [0, 0.1) is 0 Å². The second kappa shape index (κ2) is 8.57. The average molecular weight is 327 g/mol. The van der Waals surface area contributed by atoms with Gasteiger partial charge in [0.15, 0.2) is 0 Å². The van der Waals surface area contributed by atoms with Gasteiger partial charge in [-0.2, -0.15) is 0 Å². The molecule has 0 aromatic heterocycles. The van der Waals surface area contributed by atoms with E-state index >= 15 is 0 Å². The normalized spacial score (nSPS) is 9.92. The molecule has 0 saturated heterocycles. The van der Waals surface area contributed by atoms with Crippen molar-refractivity contribution >= 4 is 28.9 Å². The van der Waals surface area contributed by atoms with Crippen molar-refractivity contribution in [2.75, 3.05) is 29.6 Å². The van der Waals surface area contributed by atoms with Crippen molar-refractivity contribution in [3.63, 3.8) is 0 Å². The molecule has 0 heterocycles. The predicted molar refractivity (Wildman–Crippen MR) is 95.5 cm³/mol. The van der Waals surface area contributed by atoms with Gasteiger partial charge in [0.25, 0.3) is 0 Å². The lowest BCUT2D eigenvalue weighted by Gasteiger charge is -2.11. The van der Waals surface area contributed by atoms with Gasteiger partial charge in [-0.3, -0.25) is 9.59 Å². The lowest BCUT2D eigenvalue weighted by Crippen LogP contribution is -2.22. The number of carbonyl (C=O) groups is 2. The summed E-state index contributed by atoms with van der Waals surface area (Å²) in [6.07, 6.45) is 0.416. The Kier molecular flexibility index (Phi) is 6.19. The van der Waals surface area contributed by atoms with Gasteiger partial charge in [-0.15, -0.1) is 0 Å².